The summed E-state index contributed by atoms with van der Waals surface area (Å²) < 4.78 is 0. The smallest absolute Gasteiger partial charge is 0.352 e. The molecule has 0 aliphatic carbocycles. The summed E-state index contributed by atoms with van der Waals surface area (Å²) in [6.45, 7) is 0.466. The van der Waals surface area contributed by atoms with Crippen molar-refractivity contribution >= 4 is 57.6 Å². The van der Waals surface area contributed by atoms with E-state index in [1.807, 2.05) is 30.3 Å². The maximum absolute atomic E-state index is 13.0. The van der Waals surface area contributed by atoms with Crippen LogP contribution >= 0.6 is 23.1 Å². The monoisotopic (exact) mass is 540 g/mol. The average molecular weight is 541 g/mol. The van der Waals surface area contributed by atoms with Crippen molar-refractivity contribution < 1.29 is 24.3 Å². The van der Waals surface area contributed by atoms with Crippen molar-refractivity contribution in [3.05, 3.63) is 69.2 Å². The summed E-state index contributed by atoms with van der Waals surface area (Å²) in [5, 5.41) is 16.1. The van der Waals surface area contributed by atoms with Gasteiger partial charge in [-0.3, -0.25) is 19.3 Å². The Morgan fingerprint density at radius 1 is 1.27 bits per heavy atom. The van der Waals surface area contributed by atoms with Crippen LogP contribution in [0.2, 0.25) is 0 Å². The summed E-state index contributed by atoms with van der Waals surface area (Å²) in [4.78, 5) is 68.7. The van der Waals surface area contributed by atoms with Gasteiger partial charge in [0.25, 0.3) is 17.7 Å². The van der Waals surface area contributed by atoms with Gasteiger partial charge in [-0.05, 0) is 35.4 Å². The van der Waals surface area contributed by atoms with E-state index in [1.165, 1.54) is 17.1 Å². The summed E-state index contributed by atoms with van der Waals surface area (Å²) in [5.41, 5.74) is 6.95. The Morgan fingerprint density at radius 3 is 2.68 bits per heavy atom. The Bertz CT molecular complexity index is 1370. The van der Waals surface area contributed by atoms with Gasteiger partial charge in [0.2, 0.25) is 6.04 Å². The molecule has 1 aromatic carbocycles. The standard InChI is InChI=1S/C23H20N6O6S2/c24-23-25-14(10-37-23)15(27-35)18(30)26-16-20(32)29-17(22(33)34)12(9-36-21(16)29)8-11-6-7-28(19(11)31)13-4-2-1-3-5-13/h1-5,8,10,15-16,21H,6-7,9H2,(H2,24,25)(H,26,30)(H,33,34)/t15?,16-,21-/m1/s1. The molecular weight excluding hydrogens is 520 g/mol. The number of carboxylic acids is 1. The van der Waals surface area contributed by atoms with Gasteiger partial charge in [-0.2, -0.15) is 0 Å². The number of aromatic nitrogens is 1. The summed E-state index contributed by atoms with van der Waals surface area (Å²) >= 11 is 2.30. The van der Waals surface area contributed by atoms with Gasteiger partial charge in [0.05, 0.1) is 5.69 Å². The normalized spacial score (nSPS) is 23.1. The Kier molecular flexibility index (Phi) is 6.52. The molecule has 0 bridgehead atoms. The second-order valence-electron chi connectivity index (χ2n) is 8.41. The Labute approximate surface area is 218 Å². The zero-order valence-electron chi connectivity index (χ0n) is 19.1. The molecule has 2 fully saturated rings. The number of carboxylic acid groups (broad SMARTS) is 1. The van der Waals surface area contributed by atoms with Crippen LogP contribution < -0.4 is 16.0 Å². The summed E-state index contributed by atoms with van der Waals surface area (Å²) in [7, 11) is 0. The van der Waals surface area contributed by atoms with Crippen molar-refractivity contribution in [2.24, 2.45) is 5.18 Å². The molecule has 2 saturated heterocycles. The minimum absolute atomic E-state index is 0.0701. The number of thiazole rings is 1. The molecule has 1 unspecified atom stereocenters. The van der Waals surface area contributed by atoms with E-state index in [0.29, 0.717) is 24.1 Å². The number of rotatable bonds is 7. The molecule has 190 valence electrons. The lowest BCUT2D eigenvalue weighted by atomic mass is 10.0. The number of carbonyl (C=O) groups is 4. The fraction of sp³-hybridized carbons (Fsp3) is 0.261. The van der Waals surface area contributed by atoms with E-state index in [2.05, 4.69) is 15.5 Å². The minimum atomic E-state index is -1.49. The van der Waals surface area contributed by atoms with Gasteiger partial charge in [-0.25, -0.2) is 9.78 Å². The fourth-order valence-corrected chi connectivity index (χ4v) is 6.35. The van der Waals surface area contributed by atoms with E-state index in [-0.39, 0.29) is 28.2 Å². The highest BCUT2D eigenvalue weighted by Crippen LogP contribution is 2.41. The number of benzene rings is 1. The maximum Gasteiger partial charge on any atom is 0.352 e. The van der Waals surface area contributed by atoms with Crippen LogP contribution in [0.15, 0.2) is 63.8 Å². The number of nitroso groups, excluding NO2 is 1. The lowest BCUT2D eigenvalue weighted by Crippen LogP contribution is -2.70. The van der Waals surface area contributed by atoms with Gasteiger partial charge in [-0.15, -0.1) is 28.0 Å². The number of nitrogen functional groups attached to an aromatic ring is 1. The number of aliphatic carboxylic acids is 1. The lowest BCUT2D eigenvalue weighted by Gasteiger charge is -2.49. The number of nitrogens with zero attached hydrogens (tertiary/aromatic N) is 4. The molecule has 2 aromatic rings. The maximum atomic E-state index is 13.0. The van der Waals surface area contributed by atoms with Crippen molar-refractivity contribution in [2.45, 2.75) is 23.9 Å². The van der Waals surface area contributed by atoms with Crippen LogP contribution in [0.25, 0.3) is 0 Å². The molecule has 4 N–H and O–H groups in total. The number of hydrogen-bond donors (Lipinski definition) is 3. The molecule has 1 aromatic heterocycles. The molecule has 4 heterocycles. The molecule has 12 nitrogen and oxygen atoms in total. The van der Waals surface area contributed by atoms with E-state index in [0.717, 1.165) is 21.9 Å². The van der Waals surface area contributed by atoms with Gasteiger partial charge in [0.15, 0.2) is 5.13 Å². The largest absolute Gasteiger partial charge is 0.477 e. The number of amides is 3. The SMILES string of the molecule is Nc1nc(C(N=O)C(=O)N[C@@H]2C(=O)N3C(C(=O)O)=C(C=C4CCN(c5ccccc5)C4=O)CS[C@H]23)cs1. The van der Waals surface area contributed by atoms with Crippen molar-refractivity contribution in [2.75, 3.05) is 22.9 Å². The summed E-state index contributed by atoms with van der Waals surface area (Å²) in [5.74, 6) is -2.78. The highest BCUT2D eigenvalue weighted by Gasteiger charge is 2.54. The highest BCUT2D eigenvalue weighted by atomic mass is 32.2. The first-order chi connectivity index (χ1) is 17.8. The van der Waals surface area contributed by atoms with Gasteiger partial charge >= 0.3 is 5.97 Å². The number of anilines is 2. The first-order valence-electron chi connectivity index (χ1n) is 11.1. The van der Waals surface area contributed by atoms with E-state index < -0.39 is 35.2 Å². The van der Waals surface area contributed by atoms with Crippen molar-refractivity contribution in [3.63, 3.8) is 0 Å². The average Bonchev–Trinajstić information content (AvgIpc) is 3.48. The number of nitrogens with one attached hydrogen (secondary N) is 1. The van der Waals surface area contributed by atoms with Crippen molar-refractivity contribution in [1.82, 2.24) is 15.2 Å². The van der Waals surface area contributed by atoms with Crippen LogP contribution in [0.4, 0.5) is 10.8 Å². The van der Waals surface area contributed by atoms with Crippen LogP contribution in [-0.4, -0.2) is 62.4 Å². The molecule has 5 rings (SSSR count). The van der Waals surface area contributed by atoms with Crippen LogP contribution in [0.3, 0.4) is 0 Å². The number of thioether (sulfide) groups is 1. The molecule has 14 heteroatoms. The third-order valence-electron chi connectivity index (χ3n) is 6.21. The van der Waals surface area contributed by atoms with Crippen molar-refractivity contribution in [3.8, 4) is 0 Å². The van der Waals surface area contributed by atoms with Crippen LogP contribution in [0.1, 0.15) is 18.2 Å². The number of nitrogens with two attached hydrogens (primary N) is 1. The molecule has 3 amide bonds. The molecular formula is C23H20N6O6S2. The minimum Gasteiger partial charge on any atom is -0.477 e. The molecule has 0 radical (unpaired) electrons. The fourth-order valence-electron chi connectivity index (χ4n) is 4.46. The Morgan fingerprint density at radius 2 is 2.03 bits per heavy atom. The van der Waals surface area contributed by atoms with E-state index in [4.69, 9.17) is 5.73 Å². The topological polar surface area (TPSA) is 175 Å². The van der Waals surface area contributed by atoms with Gasteiger partial charge in [-0.1, -0.05) is 18.2 Å². The lowest BCUT2D eigenvalue weighted by molar-refractivity contribution is -0.150. The molecule has 3 aliphatic rings. The molecule has 3 aliphatic heterocycles. The first kappa shape index (κ1) is 24.6. The Hall–Kier alpha value is -4.04. The van der Waals surface area contributed by atoms with Crippen LogP contribution in [0.5, 0.6) is 0 Å². The predicted octanol–water partition coefficient (Wildman–Crippen LogP) is 1.63. The number of para-hydroxylation sites is 1. The number of fused-ring (bicyclic) bond motifs is 1. The number of carbonyl (C=O) groups excluding carboxylic acids is 3. The second-order valence-corrected chi connectivity index (χ2v) is 10.4. The third-order valence-corrected chi connectivity index (χ3v) is 8.21. The van der Waals surface area contributed by atoms with Gasteiger partial charge in [0.1, 0.15) is 17.1 Å². The van der Waals surface area contributed by atoms with Gasteiger partial charge in [0, 0.05) is 28.9 Å². The zero-order valence-corrected chi connectivity index (χ0v) is 20.7. The second kappa shape index (κ2) is 9.78. The molecule has 0 spiro atoms. The van der Waals surface area contributed by atoms with Crippen molar-refractivity contribution in [1.29, 1.82) is 0 Å². The molecule has 3 atom stereocenters. The molecule has 0 saturated carbocycles. The highest BCUT2D eigenvalue weighted by molar-refractivity contribution is 8.00. The number of allylic oxidation sites excluding steroid dienone is 1. The van der Waals surface area contributed by atoms with Crippen LogP contribution in [-0.2, 0) is 19.2 Å². The quantitative estimate of drug-likeness (QED) is 0.268. The predicted molar refractivity (Wildman–Crippen MR) is 136 cm³/mol. The first-order valence-corrected chi connectivity index (χ1v) is 13.1. The van der Waals surface area contributed by atoms with E-state index in [1.54, 1.807) is 11.0 Å². The van der Waals surface area contributed by atoms with Crippen LogP contribution in [0, 0.1) is 4.91 Å². The molecule has 37 heavy (non-hydrogen) atoms. The summed E-state index contributed by atoms with van der Waals surface area (Å²) in [6, 6.07) is 6.64. The Balaban J connectivity index is 1.34. The number of β-lactam (4-membered cyclic amide) rings is 1. The number of hydrogen-bond acceptors (Lipinski definition) is 10. The zero-order chi connectivity index (χ0) is 26.3. The van der Waals surface area contributed by atoms with E-state index in [9.17, 15) is 29.2 Å². The third kappa shape index (κ3) is 4.38. The summed E-state index contributed by atoms with van der Waals surface area (Å²) in [6.07, 6.45) is 1.99. The van der Waals surface area contributed by atoms with Gasteiger partial charge < -0.3 is 21.1 Å². The van der Waals surface area contributed by atoms with E-state index >= 15 is 0 Å².